The third-order valence-corrected chi connectivity index (χ3v) is 8.27. The first-order chi connectivity index (χ1) is 17.3. The van der Waals surface area contributed by atoms with Crippen LogP contribution in [0.1, 0.15) is 47.0 Å². The van der Waals surface area contributed by atoms with Crippen molar-refractivity contribution in [3.63, 3.8) is 0 Å². The van der Waals surface area contributed by atoms with Gasteiger partial charge in [0.1, 0.15) is 24.0 Å². The molecule has 2 fully saturated rings. The number of esters is 2. The fourth-order valence-electron chi connectivity index (χ4n) is 6.38. The predicted molar refractivity (Wildman–Crippen MR) is 126 cm³/mol. The monoisotopic (exact) mass is 517 g/mol. The number of cyclic esters (lactones) is 1. The number of aliphatic carboxylic acids is 1. The molecule has 0 amide bonds. The van der Waals surface area contributed by atoms with Gasteiger partial charge in [0.05, 0.1) is 17.6 Å². The molecule has 0 aromatic carbocycles. The van der Waals surface area contributed by atoms with Crippen LogP contribution in [-0.2, 0) is 38.2 Å². The molecule has 11 nitrogen and oxygen atoms in total. The SMILES string of the molecule is COC[C@H]1OC(=O)/C(=C\N[C@@H](C)C(=O)O)C2=C(O)C(=O)C3=C([C@H](OC(C)=O)C[C@]4(C)C(=O)CC[C@@H]34)[C@]21C. The maximum Gasteiger partial charge on any atom is 0.340 e. The molecule has 3 N–H and O–H groups in total. The molecular formula is C26H31NO10. The topological polar surface area (TPSA) is 166 Å². The summed E-state index contributed by atoms with van der Waals surface area (Å²) in [6.45, 7) is 5.89. The molecule has 0 radical (unpaired) electrons. The van der Waals surface area contributed by atoms with Crippen molar-refractivity contribution in [3.8, 4) is 0 Å². The summed E-state index contributed by atoms with van der Waals surface area (Å²) in [6, 6.07) is -1.09. The molecule has 37 heavy (non-hydrogen) atoms. The molecule has 6 atom stereocenters. The van der Waals surface area contributed by atoms with Gasteiger partial charge in [-0.3, -0.25) is 19.2 Å². The largest absolute Gasteiger partial charge is 0.504 e. The quantitative estimate of drug-likeness (QED) is 0.345. The number of ether oxygens (including phenoxy) is 3. The number of rotatable bonds is 6. The number of carbonyl (C=O) groups excluding carboxylic acids is 4. The van der Waals surface area contributed by atoms with Gasteiger partial charge in [-0.1, -0.05) is 6.92 Å². The number of Topliss-reactive ketones (excluding diaryl/α,β-unsaturated/α-hetero) is 2. The number of hydrogen-bond acceptors (Lipinski definition) is 10. The van der Waals surface area contributed by atoms with Crippen LogP contribution in [0, 0.1) is 16.7 Å². The van der Waals surface area contributed by atoms with E-state index in [-0.39, 0.29) is 42.0 Å². The number of hydrogen-bond donors (Lipinski definition) is 3. The molecule has 4 rings (SSSR count). The lowest BCUT2D eigenvalue weighted by molar-refractivity contribution is -0.160. The number of ketones is 2. The zero-order valence-corrected chi connectivity index (χ0v) is 21.4. The number of nitrogens with one attached hydrogen (secondary N) is 1. The van der Waals surface area contributed by atoms with Crippen LogP contribution in [0.4, 0.5) is 0 Å². The molecule has 200 valence electrons. The molecule has 1 aliphatic heterocycles. The van der Waals surface area contributed by atoms with E-state index < -0.39 is 64.4 Å². The van der Waals surface area contributed by atoms with Crippen molar-refractivity contribution >= 4 is 29.5 Å². The Balaban J connectivity index is 1.99. The average Bonchev–Trinajstić information content (AvgIpc) is 3.11. The molecule has 3 aliphatic carbocycles. The third kappa shape index (κ3) is 3.87. The van der Waals surface area contributed by atoms with E-state index in [4.69, 9.17) is 14.2 Å². The van der Waals surface area contributed by atoms with Gasteiger partial charge >= 0.3 is 17.9 Å². The van der Waals surface area contributed by atoms with Gasteiger partial charge in [-0.15, -0.1) is 0 Å². The van der Waals surface area contributed by atoms with Crippen LogP contribution in [-0.4, -0.2) is 71.7 Å². The summed E-state index contributed by atoms with van der Waals surface area (Å²) in [7, 11) is 1.41. The van der Waals surface area contributed by atoms with Crippen molar-refractivity contribution in [1.82, 2.24) is 5.32 Å². The van der Waals surface area contributed by atoms with Gasteiger partial charge in [-0.05, 0) is 25.8 Å². The third-order valence-electron chi connectivity index (χ3n) is 8.27. The van der Waals surface area contributed by atoms with Crippen molar-refractivity contribution < 1.29 is 48.4 Å². The number of carboxylic acids is 1. The molecule has 0 aromatic rings. The Bertz CT molecular complexity index is 1200. The molecule has 0 spiro atoms. The van der Waals surface area contributed by atoms with E-state index in [1.54, 1.807) is 13.8 Å². The molecule has 0 aromatic heterocycles. The van der Waals surface area contributed by atoms with Crippen molar-refractivity contribution in [2.24, 2.45) is 16.7 Å². The zero-order chi connectivity index (χ0) is 27.4. The Labute approximate surface area is 213 Å². The van der Waals surface area contributed by atoms with E-state index in [1.807, 2.05) is 0 Å². The Kier molecular flexibility index (Phi) is 6.56. The maximum atomic E-state index is 13.8. The molecular weight excluding hydrogens is 486 g/mol. The van der Waals surface area contributed by atoms with Crippen LogP contribution in [0.25, 0.3) is 0 Å². The molecule has 1 saturated carbocycles. The van der Waals surface area contributed by atoms with Crippen LogP contribution in [0.5, 0.6) is 0 Å². The summed E-state index contributed by atoms with van der Waals surface area (Å²) in [6.07, 6.45) is -0.150. The summed E-state index contributed by atoms with van der Waals surface area (Å²) in [4.78, 5) is 63.3. The highest BCUT2D eigenvalue weighted by Gasteiger charge is 2.64. The normalized spacial score (nSPS) is 35.0. The average molecular weight is 518 g/mol. The highest BCUT2D eigenvalue weighted by Crippen LogP contribution is 2.62. The first-order valence-electron chi connectivity index (χ1n) is 12.1. The van der Waals surface area contributed by atoms with Crippen molar-refractivity contribution in [2.45, 2.75) is 65.2 Å². The van der Waals surface area contributed by atoms with E-state index in [1.165, 1.54) is 21.0 Å². The number of methoxy groups -OCH3 is 1. The minimum absolute atomic E-state index is 0.0515. The fourth-order valence-corrected chi connectivity index (χ4v) is 6.38. The van der Waals surface area contributed by atoms with E-state index in [0.29, 0.717) is 12.0 Å². The Hall–Kier alpha value is -3.47. The lowest BCUT2D eigenvalue weighted by Gasteiger charge is -2.53. The van der Waals surface area contributed by atoms with Gasteiger partial charge in [0.15, 0.2) is 5.76 Å². The first-order valence-corrected chi connectivity index (χ1v) is 12.1. The van der Waals surface area contributed by atoms with Crippen molar-refractivity contribution in [2.75, 3.05) is 13.7 Å². The van der Waals surface area contributed by atoms with Crippen LogP contribution < -0.4 is 5.32 Å². The predicted octanol–water partition coefficient (Wildman–Crippen LogP) is 1.52. The van der Waals surface area contributed by atoms with Crippen LogP contribution in [0.2, 0.25) is 0 Å². The van der Waals surface area contributed by atoms with E-state index >= 15 is 0 Å². The van der Waals surface area contributed by atoms with Crippen LogP contribution >= 0.6 is 0 Å². The number of carbonyl (C=O) groups is 5. The second kappa shape index (κ2) is 9.13. The zero-order valence-electron chi connectivity index (χ0n) is 21.4. The highest BCUT2D eigenvalue weighted by molar-refractivity contribution is 6.14. The van der Waals surface area contributed by atoms with Gasteiger partial charge in [0.2, 0.25) is 5.78 Å². The Morgan fingerprint density at radius 2 is 1.95 bits per heavy atom. The smallest absolute Gasteiger partial charge is 0.340 e. The first kappa shape index (κ1) is 26.6. The number of allylic oxidation sites excluding steroid dienone is 1. The minimum atomic E-state index is -1.38. The number of aliphatic hydroxyl groups is 1. The second-order valence-electron chi connectivity index (χ2n) is 10.5. The summed E-state index contributed by atoms with van der Waals surface area (Å²) < 4.78 is 16.8. The lowest BCUT2D eigenvalue weighted by Crippen LogP contribution is -2.57. The fraction of sp³-hybridized carbons (Fsp3) is 0.577. The standard InChI is InChI=1S/C26H31NO10/c1-11(23(32)33)27-9-13-19-22(31)21(30)18-14-6-7-16(29)25(14,3)8-15(36-12(2)28)20(18)26(19,4)17(10-35-5)37-24(13)34/h9,11,14-15,17,27,31H,6-8,10H2,1-5H3,(H,32,33)/b13-9-/t11-,14-,15+,17+,25-,26-/m0/s1. The second-order valence-corrected chi connectivity index (χ2v) is 10.5. The van der Waals surface area contributed by atoms with Crippen LogP contribution in [0.3, 0.4) is 0 Å². The summed E-state index contributed by atoms with van der Waals surface area (Å²) in [5.41, 5.74) is -2.08. The van der Waals surface area contributed by atoms with E-state index in [9.17, 15) is 34.2 Å². The molecule has 0 bridgehead atoms. The van der Waals surface area contributed by atoms with Gasteiger partial charge in [-0.2, -0.15) is 0 Å². The Morgan fingerprint density at radius 3 is 2.54 bits per heavy atom. The molecule has 0 unspecified atom stereocenters. The minimum Gasteiger partial charge on any atom is -0.504 e. The van der Waals surface area contributed by atoms with Crippen molar-refractivity contribution in [1.29, 1.82) is 0 Å². The van der Waals surface area contributed by atoms with Crippen LogP contribution in [0.15, 0.2) is 34.3 Å². The number of carboxylic acid groups (broad SMARTS) is 1. The lowest BCUT2D eigenvalue weighted by atomic mass is 9.53. The summed E-state index contributed by atoms with van der Waals surface area (Å²) in [5, 5.41) is 23.2. The summed E-state index contributed by atoms with van der Waals surface area (Å²) >= 11 is 0. The molecule has 11 heteroatoms. The van der Waals surface area contributed by atoms with E-state index in [2.05, 4.69) is 5.32 Å². The van der Waals surface area contributed by atoms with E-state index in [0.717, 1.165) is 6.20 Å². The maximum absolute atomic E-state index is 13.8. The van der Waals surface area contributed by atoms with Crippen molar-refractivity contribution in [3.05, 3.63) is 34.3 Å². The van der Waals surface area contributed by atoms with Gasteiger partial charge in [0.25, 0.3) is 0 Å². The number of aliphatic hydroxyl groups excluding tert-OH is 1. The van der Waals surface area contributed by atoms with Gasteiger partial charge in [0, 0.05) is 55.6 Å². The molecule has 4 aliphatic rings. The summed E-state index contributed by atoms with van der Waals surface area (Å²) in [5.74, 6) is -4.71. The molecule has 1 saturated heterocycles. The molecule has 1 heterocycles. The van der Waals surface area contributed by atoms with Gasteiger partial charge < -0.3 is 29.7 Å². The Morgan fingerprint density at radius 1 is 1.27 bits per heavy atom. The number of fused-ring (bicyclic) bond motifs is 4. The highest BCUT2D eigenvalue weighted by atomic mass is 16.6. The van der Waals surface area contributed by atoms with Gasteiger partial charge in [-0.25, -0.2) is 4.79 Å².